The summed E-state index contributed by atoms with van der Waals surface area (Å²) < 4.78 is 23.1. The minimum absolute atomic E-state index is 0.353. The lowest BCUT2D eigenvalue weighted by molar-refractivity contribution is -0.387. The van der Waals surface area contributed by atoms with E-state index in [-0.39, 0.29) is 0 Å². The zero-order valence-electron chi connectivity index (χ0n) is 15.5. The average molecular weight is 401 g/mol. The number of benzene rings is 1. The molecule has 0 amide bonds. The lowest BCUT2D eigenvalue weighted by Crippen LogP contribution is -2.29. The molecule has 0 aliphatic carbocycles. The summed E-state index contributed by atoms with van der Waals surface area (Å²) in [5, 5.41) is 27.8. The Morgan fingerprint density at radius 3 is 1.97 bits per heavy atom. The number of hydrogen-bond acceptors (Lipinski definition) is 8. The molecule has 0 atom stereocenters. The van der Waals surface area contributed by atoms with Crippen LogP contribution < -0.4 is 14.9 Å². The number of halogens is 1. The number of nitro benzene ring substituents is 1. The second-order valence-corrected chi connectivity index (χ2v) is 5.52. The second kappa shape index (κ2) is 10.1. The van der Waals surface area contributed by atoms with Crippen molar-refractivity contribution in [1.29, 1.82) is 0 Å². The molecule has 11 heteroatoms. The molecule has 0 bridgehead atoms. The third kappa shape index (κ3) is 5.96. The fourth-order valence-corrected chi connectivity index (χ4v) is 2.17. The van der Waals surface area contributed by atoms with Gasteiger partial charge in [0.2, 0.25) is 17.6 Å². The van der Waals surface area contributed by atoms with Gasteiger partial charge in [-0.15, -0.1) is 0 Å². The van der Waals surface area contributed by atoms with E-state index in [0.29, 0.717) is 28.3 Å². The molecule has 0 saturated heterocycles. The van der Waals surface area contributed by atoms with E-state index < -0.39 is 23.5 Å². The molecule has 0 aliphatic rings. The molecule has 0 saturated carbocycles. The van der Waals surface area contributed by atoms with Crippen LogP contribution >= 0.6 is 0 Å². The summed E-state index contributed by atoms with van der Waals surface area (Å²) in [5.41, 5.74) is 0.990. The summed E-state index contributed by atoms with van der Waals surface area (Å²) in [6.07, 6.45) is 2.86. The van der Waals surface area contributed by atoms with Gasteiger partial charge in [0.15, 0.2) is 0 Å². The van der Waals surface area contributed by atoms with Crippen molar-refractivity contribution >= 4 is 18.3 Å². The highest BCUT2D eigenvalue weighted by Crippen LogP contribution is 2.25. The van der Waals surface area contributed by atoms with Gasteiger partial charge in [-0.3, -0.25) is 10.1 Å². The van der Waals surface area contributed by atoms with Crippen molar-refractivity contribution in [3.63, 3.8) is 0 Å². The van der Waals surface area contributed by atoms with Crippen LogP contribution in [0.5, 0.6) is 11.8 Å². The Kier molecular flexibility index (Phi) is 7.58. The van der Waals surface area contributed by atoms with Crippen LogP contribution in [0.4, 0.5) is 10.1 Å². The smallest absolute Gasteiger partial charge is 0.481 e. The molecule has 3 aromatic rings. The molecule has 2 aromatic heterocycles. The normalized spacial score (nSPS) is 9.83. The second-order valence-electron chi connectivity index (χ2n) is 5.52. The Hall–Kier alpha value is -3.57. The number of aromatic nitrogens is 2. The van der Waals surface area contributed by atoms with E-state index >= 15 is 0 Å². The fraction of sp³-hybridized carbons (Fsp3) is 0.111. The number of nitro groups is 1. The number of pyridine rings is 2. The molecular weight excluding hydrogens is 384 g/mol. The van der Waals surface area contributed by atoms with Crippen LogP contribution in [0.1, 0.15) is 0 Å². The van der Waals surface area contributed by atoms with Gasteiger partial charge in [0, 0.05) is 35.6 Å². The minimum Gasteiger partial charge on any atom is -0.481 e. The number of ether oxygens (including phenoxy) is 2. The summed E-state index contributed by atoms with van der Waals surface area (Å²) in [6.45, 7) is 0. The lowest BCUT2D eigenvalue weighted by Gasteiger charge is -2.03. The van der Waals surface area contributed by atoms with Crippen molar-refractivity contribution in [2.24, 2.45) is 0 Å². The molecule has 29 heavy (non-hydrogen) atoms. The van der Waals surface area contributed by atoms with Crippen molar-refractivity contribution in [2.75, 3.05) is 14.2 Å². The number of hydrogen-bond donors (Lipinski definition) is 2. The van der Waals surface area contributed by atoms with Crippen molar-refractivity contribution in [3.05, 3.63) is 70.8 Å². The monoisotopic (exact) mass is 401 g/mol. The third-order valence-electron chi connectivity index (χ3n) is 3.69. The van der Waals surface area contributed by atoms with Crippen LogP contribution in [-0.4, -0.2) is 46.3 Å². The van der Waals surface area contributed by atoms with Crippen molar-refractivity contribution in [1.82, 2.24) is 9.97 Å². The van der Waals surface area contributed by atoms with Crippen LogP contribution in [0.3, 0.4) is 0 Å². The van der Waals surface area contributed by atoms with Gasteiger partial charge in [-0.25, -0.2) is 9.97 Å². The van der Waals surface area contributed by atoms with E-state index in [2.05, 4.69) is 9.97 Å². The van der Waals surface area contributed by atoms with Gasteiger partial charge in [0.1, 0.15) is 0 Å². The molecule has 0 unspecified atom stereocenters. The fourth-order valence-electron chi connectivity index (χ4n) is 2.17. The van der Waals surface area contributed by atoms with Crippen LogP contribution in [0.2, 0.25) is 0 Å². The van der Waals surface area contributed by atoms with E-state index in [0.717, 1.165) is 12.1 Å². The first-order chi connectivity index (χ1) is 13.8. The first-order valence-corrected chi connectivity index (χ1v) is 8.16. The average Bonchev–Trinajstić information content (AvgIpc) is 2.74. The number of methoxy groups -OCH3 is 2. The predicted octanol–water partition coefficient (Wildman–Crippen LogP) is 1.57. The van der Waals surface area contributed by atoms with Gasteiger partial charge in [-0.1, -0.05) is 6.07 Å². The molecule has 150 valence electrons. The van der Waals surface area contributed by atoms with Gasteiger partial charge in [-0.05, 0) is 29.8 Å². The molecule has 0 spiro atoms. The molecule has 9 nitrogen and oxygen atoms in total. The first-order valence-electron chi connectivity index (χ1n) is 8.16. The molecule has 1 aromatic carbocycles. The summed E-state index contributed by atoms with van der Waals surface area (Å²) in [6, 6.07) is 10.2. The van der Waals surface area contributed by atoms with Crippen molar-refractivity contribution in [3.8, 4) is 22.9 Å². The maximum Gasteiger partial charge on any atom is 0.490 e. The highest BCUT2D eigenvalue weighted by molar-refractivity contribution is 6.58. The van der Waals surface area contributed by atoms with Gasteiger partial charge < -0.3 is 19.5 Å². The number of nitrogens with zero attached hydrogens (tertiary/aromatic N) is 3. The minimum atomic E-state index is -1.46. The van der Waals surface area contributed by atoms with Crippen LogP contribution in [0.15, 0.2) is 54.9 Å². The van der Waals surface area contributed by atoms with E-state index in [9.17, 15) is 14.5 Å². The van der Waals surface area contributed by atoms with Crippen LogP contribution in [-0.2, 0) is 0 Å². The third-order valence-corrected chi connectivity index (χ3v) is 3.69. The molecule has 3 rings (SSSR count). The zero-order chi connectivity index (χ0) is 21.4. The Labute approximate surface area is 165 Å². The molecular formula is C18H17BFN3O6. The quantitative estimate of drug-likeness (QED) is 0.375. The van der Waals surface area contributed by atoms with E-state index in [1.165, 1.54) is 38.7 Å². The van der Waals surface area contributed by atoms with E-state index in [1.54, 1.807) is 18.2 Å². The first kappa shape index (κ1) is 21.7. The standard InChI is InChI=1S/C12H9FN2O3.C6H8BNO3/c1-18-12-5-3-9(7-14-12)8-2-4-11(15(16)17)10(13)6-8;1-11-6-3-2-5(4-8-6)7(9)10/h2-7H,1H3;2-4,9-10H,1H3. The van der Waals surface area contributed by atoms with E-state index in [4.69, 9.17) is 19.5 Å². The Bertz CT molecular complexity index is 955. The summed E-state index contributed by atoms with van der Waals surface area (Å²) >= 11 is 0. The summed E-state index contributed by atoms with van der Waals surface area (Å²) in [4.78, 5) is 17.5. The molecule has 0 aliphatic heterocycles. The number of rotatable bonds is 5. The lowest BCUT2D eigenvalue weighted by atomic mass is 9.82. The Balaban J connectivity index is 0.000000234. The maximum atomic E-state index is 13.4. The van der Waals surface area contributed by atoms with Gasteiger partial charge in [-0.2, -0.15) is 4.39 Å². The topological polar surface area (TPSA) is 128 Å². The van der Waals surface area contributed by atoms with Crippen molar-refractivity contribution in [2.45, 2.75) is 0 Å². The molecule has 0 radical (unpaired) electrons. The van der Waals surface area contributed by atoms with Gasteiger partial charge >= 0.3 is 12.8 Å². The highest BCUT2D eigenvalue weighted by atomic mass is 19.1. The summed E-state index contributed by atoms with van der Waals surface area (Å²) in [5.74, 6) is 0.0313. The highest BCUT2D eigenvalue weighted by Gasteiger charge is 2.14. The van der Waals surface area contributed by atoms with Crippen LogP contribution in [0, 0.1) is 15.9 Å². The van der Waals surface area contributed by atoms with Crippen molar-refractivity contribution < 1.29 is 28.8 Å². The van der Waals surface area contributed by atoms with E-state index in [1.807, 2.05) is 0 Å². The Morgan fingerprint density at radius 2 is 1.55 bits per heavy atom. The molecule has 0 fully saturated rings. The van der Waals surface area contributed by atoms with Gasteiger partial charge in [0.25, 0.3) is 0 Å². The maximum absolute atomic E-state index is 13.4. The van der Waals surface area contributed by atoms with Crippen LogP contribution in [0.25, 0.3) is 11.1 Å². The zero-order valence-corrected chi connectivity index (χ0v) is 15.5. The largest absolute Gasteiger partial charge is 0.490 e. The van der Waals surface area contributed by atoms with Gasteiger partial charge in [0.05, 0.1) is 19.1 Å². The molecule has 2 N–H and O–H groups in total. The SMILES string of the molecule is COc1ccc(-c2ccc([N+](=O)[O-])c(F)c2)cn1.COc1ccc(B(O)O)cn1. The predicted molar refractivity (Wildman–Crippen MR) is 103 cm³/mol. The molecule has 2 heterocycles. The Morgan fingerprint density at radius 1 is 0.966 bits per heavy atom. The summed E-state index contributed by atoms with van der Waals surface area (Å²) in [7, 11) is 1.53.